The van der Waals surface area contributed by atoms with Crippen molar-refractivity contribution < 1.29 is 4.74 Å². The molecule has 0 amide bonds. The van der Waals surface area contributed by atoms with Gasteiger partial charge in [-0.25, -0.2) is 0 Å². The standard InChI is InChI=1S/C16H17Br2NO/c1-2-12-11-14(18)5-8-16(12)19-9-10-20-15-6-3-13(17)4-7-15/h3-8,11,19H,2,9-10H2,1H3. The zero-order valence-electron chi connectivity index (χ0n) is 11.3. The largest absolute Gasteiger partial charge is 0.492 e. The van der Waals surface area contributed by atoms with Gasteiger partial charge < -0.3 is 10.1 Å². The van der Waals surface area contributed by atoms with Gasteiger partial charge in [0.2, 0.25) is 0 Å². The third-order valence-electron chi connectivity index (χ3n) is 2.95. The zero-order chi connectivity index (χ0) is 14.4. The molecule has 2 aromatic rings. The first-order chi connectivity index (χ1) is 9.69. The van der Waals surface area contributed by atoms with Crippen molar-refractivity contribution in [2.75, 3.05) is 18.5 Å². The van der Waals surface area contributed by atoms with E-state index < -0.39 is 0 Å². The number of hydrogen-bond donors (Lipinski definition) is 1. The molecule has 0 radical (unpaired) electrons. The van der Waals surface area contributed by atoms with E-state index in [1.165, 1.54) is 11.3 Å². The average Bonchev–Trinajstić information content (AvgIpc) is 2.46. The Labute approximate surface area is 136 Å². The molecule has 0 unspecified atom stereocenters. The molecule has 0 fully saturated rings. The van der Waals surface area contributed by atoms with Crippen molar-refractivity contribution in [3.63, 3.8) is 0 Å². The van der Waals surface area contributed by atoms with Gasteiger partial charge in [0.15, 0.2) is 0 Å². The second-order valence-corrected chi connectivity index (χ2v) is 6.22. The highest BCUT2D eigenvalue weighted by molar-refractivity contribution is 9.10. The average molecular weight is 399 g/mol. The second kappa shape index (κ2) is 7.70. The molecule has 1 N–H and O–H groups in total. The highest BCUT2D eigenvalue weighted by atomic mass is 79.9. The van der Waals surface area contributed by atoms with Crippen LogP contribution in [0, 0.1) is 0 Å². The third-order valence-corrected chi connectivity index (χ3v) is 3.97. The smallest absolute Gasteiger partial charge is 0.119 e. The Morgan fingerprint density at radius 3 is 2.40 bits per heavy atom. The molecule has 106 valence electrons. The lowest BCUT2D eigenvalue weighted by Gasteiger charge is -2.12. The van der Waals surface area contributed by atoms with E-state index in [9.17, 15) is 0 Å². The third kappa shape index (κ3) is 4.53. The summed E-state index contributed by atoms with van der Waals surface area (Å²) in [6, 6.07) is 14.2. The van der Waals surface area contributed by atoms with Gasteiger partial charge in [-0.2, -0.15) is 0 Å². The Morgan fingerprint density at radius 2 is 1.70 bits per heavy atom. The molecule has 0 atom stereocenters. The van der Waals surface area contributed by atoms with Gasteiger partial charge in [-0.3, -0.25) is 0 Å². The topological polar surface area (TPSA) is 21.3 Å². The van der Waals surface area contributed by atoms with Crippen molar-refractivity contribution >= 4 is 37.5 Å². The van der Waals surface area contributed by atoms with Gasteiger partial charge in [-0.05, 0) is 54.4 Å². The minimum Gasteiger partial charge on any atom is -0.492 e. The lowest BCUT2D eigenvalue weighted by molar-refractivity contribution is 0.333. The molecule has 0 saturated carbocycles. The van der Waals surface area contributed by atoms with Crippen LogP contribution in [0.1, 0.15) is 12.5 Å². The number of nitrogens with one attached hydrogen (secondary N) is 1. The summed E-state index contributed by atoms with van der Waals surface area (Å²) in [6.07, 6.45) is 1.01. The van der Waals surface area contributed by atoms with Gasteiger partial charge in [0.1, 0.15) is 12.4 Å². The quantitative estimate of drug-likeness (QED) is 0.669. The molecule has 0 saturated heterocycles. The number of rotatable bonds is 6. The van der Waals surface area contributed by atoms with E-state index in [1.807, 2.05) is 24.3 Å². The fraction of sp³-hybridized carbons (Fsp3) is 0.250. The Morgan fingerprint density at radius 1 is 1.00 bits per heavy atom. The molecular weight excluding hydrogens is 382 g/mol. The van der Waals surface area contributed by atoms with E-state index in [-0.39, 0.29) is 0 Å². The van der Waals surface area contributed by atoms with Gasteiger partial charge in [0.25, 0.3) is 0 Å². The first-order valence-corrected chi connectivity index (χ1v) is 8.18. The number of hydrogen-bond acceptors (Lipinski definition) is 2. The van der Waals surface area contributed by atoms with Crippen LogP contribution in [0.25, 0.3) is 0 Å². The monoisotopic (exact) mass is 397 g/mol. The predicted molar refractivity (Wildman–Crippen MR) is 91.6 cm³/mol. The van der Waals surface area contributed by atoms with E-state index in [0.29, 0.717) is 6.61 Å². The van der Waals surface area contributed by atoms with Crippen LogP contribution in [0.4, 0.5) is 5.69 Å². The number of ether oxygens (including phenoxy) is 1. The zero-order valence-corrected chi connectivity index (χ0v) is 14.5. The van der Waals surface area contributed by atoms with Gasteiger partial charge in [-0.1, -0.05) is 38.8 Å². The highest BCUT2D eigenvalue weighted by Crippen LogP contribution is 2.21. The van der Waals surface area contributed by atoms with Crippen molar-refractivity contribution in [2.24, 2.45) is 0 Å². The van der Waals surface area contributed by atoms with Crippen LogP contribution >= 0.6 is 31.9 Å². The molecule has 2 rings (SSSR count). The SMILES string of the molecule is CCc1cc(Br)ccc1NCCOc1ccc(Br)cc1. The number of benzene rings is 2. The highest BCUT2D eigenvalue weighted by Gasteiger charge is 2.01. The van der Waals surface area contributed by atoms with Crippen molar-refractivity contribution in [1.82, 2.24) is 0 Å². The van der Waals surface area contributed by atoms with Crippen LogP contribution in [0.5, 0.6) is 5.75 Å². The predicted octanol–water partition coefficient (Wildman–Crippen LogP) is 5.26. The first-order valence-electron chi connectivity index (χ1n) is 6.59. The Kier molecular flexibility index (Phi) is 5.92. The van der Waals surface area contributed by atoms with Crippen molar-refractivity contribution in [1.29, 1.82) is 0 Å². The van der Waals surface area contributed by atoms with Gasteiger partial charge >= 0.3 is 0 Å². The first kappa shape index (κ1) is 15.4. The van der Waals surface area contributed by atoms with Crippen LogP contribution < -0.4 is 10.1 Å². The molecule has 0 aliphatic heterocycles. The molecule has 0 aliphatic carbocycles. The molecule has 20 heavy (non-hydrogen) atoms. The van der Waals surface area contributed by atoms with E-state index >= 15 is 0 Å². The van der Waals surface area contributed by atoms with Gasteiger partial charge in [0.05, 0.1) is 0 Å². The van der Waals surface area contributed by atoms with E-state index in [0.717, 1.165) is 27.7 Å². The Balaban J connectivity index is 1.82. The maximum absolute atomic E-state index is 5.69. The summed E-state index contributed by atoms with van der Waals surface area (Å²) in [7, 11) is 0. The molecule has 2 aromatic carbocycles. The summed E-state index contributed by atoms with van der Waals surface area (Å²) in [5.74, 6) is 0.890. The fourth-order valence-corrected chi connectivity index (χ4v) is 2.59. The van der Waals surface area contributed by atoms with Crippen LogP contribution in [0.2, 0.25) is 0 Å². The molecule has 0 spiro atoms. The minimum absolute atomic E-state index is 0.640. The van der Waals surface area contributed by atoms with E-state index in [2.05, 4.69) is 62.3 Å². The normalized spacial score (nSPS) is 10.3. The van der Waals surface area contributed by atoms with Gasteiger partial charge in [0, 0.05) is 21.2 Å². The van der Waals surface area contributed by atoms with Crippen LogP contribution in [0.3, 0.4) is 0 Å². The summed E-state index contributed by atoms with van der Waals surface area (Å²) in [5, 5.41) is 3.42. The van der Waals surface area contributed by atoms with E-state index in [1.54, 1.807) is 0 Å². The van der Waals surface area contributed by atoms with E-state index in [4.69, 9.17) is 4.74 Å². The molecule has 0 aromatic heterocycles. The number of halogens is 2. The summed E-state index contributed by atoms with van der Waals surface area (Å²) >= 11 is 6.91. The summed E-state index contributed by atoms with van der Waals surface area (Å²) in [6.45, 7) is 3.58. The van der Waals surface area contributed by atoms with Crippen LogP contribution in [0.15, 0.2) is 51.4 Å². The van der Waals surface area contributed by atoms with Crippen LogP contribution in [-0.2, 0) is 6.42 Å². The van der Waals surface area contributed by atoms with Crippen molar-refractivity contribution in [3.05, 3.63) is 57.0 Å². The number of anilines is 1. The molecular formula is C16H17Br2NO. The lowest BCUT2D eigenvalue weighted by atomic mass is 10.1. The van der Waals surface area contributed by atoms with Crippen molar-refractivity contribution in [2.45, 2.75) is 13.3 Å². The van der Waals surface area contributed by atoms with Crippen LogP contribution in [-0.4, -0.2) is 13.2 Å². The molecule has 4 heteroatoms. The lowest BCUT2D eigenvalue weighted by Crippen LogP contribution is -2.12. The molecule has 0 heterocycles. The number of aryl methyl sites for hydroxylation is 1. The maximum atomic E-state index is 5.69. The molecule has 2 nitrogen and oxygen atoms in total. The van der Waals surface area contributed by atoms with Gasteiger partial charge in [-0.15, -0.1) is 0 Å². The second-order valence-electron chi connectivity index (χ2n) is 4.38. The Bertz CT molecular complexity index is 555. The molecule has 0 aliphatic rings. The fourth-order valence-electron chi connectivity index (χ4n) is 1.91. The summed E-state index contributed by atoms with van der Waals surface area (Å²) < 4.78 is 7.86. The minimum atomic E-state index is 0.640. The maximum Gasteiger partial charge on any atom is 0.119 e. The summed E-state index contributed by atoms with van der Waals surface area (Å²) in [5.41, 5.74) is 2.48. The summed E-state index contributed by atoms with van der Waals surface area (Å²) in [4.78, 5) is 0. The van der Waals surface area contributed by atoms with Crippen molar-refractivity contribution in [3.8, 4) is 5.75 Å². The molecule has 0 bridgehead atoms. The Hall–Kier alpha value is -1.000.